The van der Waals surface area contributed by atoms with E-state index in [2.05, 4.69) is 39.3 Å². The molecule has 3 rings (SSSR count). The summed E-state index contributed by atoms with van der Waals surface area (Å²) in [5, 5.41) is 2.11. The van der Waals surface area contributed by atoms with Gasteiger partial charge in [-0.1, -0.05) is 0 Å². The molecule has 2 aromatic rings. The summed E-state index contributed by atoms with van der Waals surface area (Å²) >= 11 is 5.13. The van der Waals surface area contributed by atoms with E-state index in [9.17, 15) is 4.79 Å². The number of hydrogen-bond donors (Lipinski definition) is 0. The average molecular weight is 337 g/mol. The Labute approximate surface area is 124 Å². The van der Waals surface area contributed by atoms with Crippen molar-refractivity contribution in [1.82, 2.24) is 9.88 Å². The Morgan fingerprint density at radius 2 is 2.37 bits per heavy atom. The Morgan fingerprint density at radius 1 is 1.53 bits per heavy atom. The van der Waals surface area contributed by atoms with Gasteiger partial charge in [0.15, 0.2) is 0 Å². The molecule has 19 heavy (non-hydrogen) atoms. The van der Waals surface area contributed by atoms with Crippen molar-refractivity contribution in [2.75, 3.05) is 6.54 Å². The van der Waals surface area contributed by atoms with Crippen LogP contribution >= 0.6 is 27.3 Å². The molecule has 1 aliphatic rings. The van der Waals surface area contributed by atoms with Gasteiger partial charge in [0, 0.05) is 17.6 Å². The first-order chi connectivity index (χ1) is 9.18. The number of amides is 1. The second-order valence-electron chi connectivity index (χ2n) is 4.57. The first-order valence-corrected chi connectivity index (χ1v) is 7.83. The molecule has 0 bridgehead atoms. The van der Waals surface area contributed by atoms with Crippen LogP contribution in [0.5, 0.6) is 0 Å². The number of rotatable bonds is 1. The Kier molecular flexibility index (Phi) is 3.41. The van der Waals surface area contributed by atoms with E-state index in [1.165, 1.54) is 10.4 Å². The summed E-state index contributed by atoms with van der Waals surface area (Å²) in [7, 11) is 0. The molecule has 0 spiro atoms. The van der Waals surface area contributed by atoms with Crippen molar-refractivity contribution in [2.24, 2.45) is 0 Å². The van der Waals surface area contributed by atoms with Crippen LogP contribution < -0.4 is 0 Å². The highest BCUT2D eigenvalue weighted by atomic mass is 79.9. The van der Waals surface area contributed by atoms with Gasteiger partial charge in [-0.3, -0.25) is 4.79 Å². The predicted octanol–water partition coefficient (Wildman–Crippen LogP) is 3.67. The molecule has 5 heteroatoms. The van der Waals surface area contributed by atoms with Crippen LogP contribution in [0.4, 0.5) is 0 Å². The van der Waals surface area contributed by atoms with Gasteiger partial charge in [-0.05, 0) is 58.4 Å². The third-order valence-corrected chi connectivity index (χ3v) is 5.16. The second-order valence-corrected chi connectivity index (χ2v) is 6.32. The van der Waals surface area contributed by atoms with Crippen molar-refractivity contribution in [2.45, 2.75) is 19.4 Å². The quantitative estimate of drug-likeness (QED) is 0.744. The number of pyridine rings is 1. The SMILES string of the molecule is CC1c2ccsc2CCN1C(=O)c1cccnc1Br. The van der Waals surface area contributed by atoms with Crippen molar-refractivity contribution in [3.8, 4) is 0 Å². The lowest BCUT2D eigenvalue weighted by molar-refractivity contribution is 0.0678. The van der Waals surface area contributed by atoms with Gasteiger partial charge in [0.05, 0.1) is 11.6 Å². The predicted molar refractivity (Wildman–Crippen MR) is 79.4 cm³/mol. The molecule has 3 nitrogen and oxygen atoms in total. The summed E-state index contributed by atoms with van der Waals surface area (Å²) in [5.41, 5.74) is 1.91. The van der Waals surface area contributed by atoms with Gasteiger partial charge in [-0.25, -0.2) is 4.98 Å². The van der Waals surface area contributed by atoms with Crippen LogP contribution in [0.2, 0.25) is 0 Å². The lowest BCUT2D eigenvalue weighted by Gasteiger charge is -2.33. The van der Waals surface area contributed by atoms with Crippen LogP contribution in [-0.4, -0.2) is 22.3 Å². The molecule has 1 unspecified atom stereocenters. The van der Waals surface area contributed by atoms with Gasteiger partial charge >= 0.3 is 0 Å². The normalized spacial score (nSPS) is 18.2. The minimum Gasteiger partial charge on any atom is -0.331 e. The minimum absolute atomic E-state index is 0.0457. The molecular formula is C14H13BrN2OS. The standard InChI is InChI=1S/C14H13BrN2OS/c1-9-10-5-8-19-12(10)4-7-17(9)14(18)11-3-2-6-16-13(11)15/h2-3,5-6,8-9H,4,7H2,1H3. The highest BCUT2D eigenvalue weighted by Crippen LogP contribution is 2.34. The molecule has 0 saturated heterocycles. The molecule has 0 aromatic carbocycles. The average Bonchev–Trinajstić information content (AvgIpc) is 2.88. The molecule has 98 valence electrons. The molecule has 0 saturated carbocycles. The summed E-state index contributed by atoms with van der Waals surface area (Å²) in [5.74, 6) is 0.0457. The Balaban J connectivity index is 1.92. The summed E-state index contributed by atoms with van der Waals surface area (Å²) in [4.78, 5) is 20.1. The maximum atomic E-state index is 12.6. The van der Waals surface area contributed by atoms with Crippen LogP contribution in [0.15, 0.2) is 34.4 Å². The fourth-order valence-corrected chi connectivity index (χ4v) is 3.87. The minimum atomic E-state index is 0.0457. The Bertz CT molecular complexity index is 625. The summed E-state index contributed by atoms with van der Waals surface area (Å²) in [6.45, 7) is 2.86. The molecule has 3 heterocycles. The number of carbonyl (C=O) groups excluding carboxylic acids is 1. The van der Waals surface area contributed by atoms with Crippen LogP contribution in [0.3, 0.4) is 0 Å². The van der Waals surface area contributed by atoms with Crippen molar-refractivity contribution >= 4 is 33.2 Å². The maximum Gasteiger partial charge on any atom is 0.257 e. The largest absolute Gasteiger partial charge is 0.331 e. The zero-order chi connectivity index (χ0) is 13.4. The number of halogens is 1. The third kappa shape index (κ3) is 2.21. The zero-order valence-corrected chi connectivity index (χ0v) is 12.9. The topological polar surface area (TPSA) is 33.2 Å². The van der Waals surface area contributed by atoms with Gasteiger partial charge in [0.2, 0.25) is 0 Å². The number of aromatic nitrogens is 1. The van der Waals surface area contributed by atoms with Crippen LogP contribution in [0, 0.1) is 0 Å². The van der Waals surface area contributed by atoms with Crippen LogP contribution in [0.1, 0.15) is 33.8 Å². The molecule has 1 atom stereocenters. The molecule has 0 aliphatic carbocycles. The molecule has 0 N–H and O–H groups in total. The van der Waals surface area contributed by atoms with Crippen LogP contribution in [-0.2, 0) is 6.42 Å². The van der Waals surface area contributed by atoms with E-state index in [1.807, 2.05) is 11.0 Å². The van der Waals surface area contributed by atoms with Gasteiger partial charge < -0.3 is 4.90 Å². The van der Waals surface area contributed by atoms with Crippen molar-refractivity contribution in [3.05, 3.63) is 50.4 Å². The van der Waals surface area contributed by atoms with E-state index in [1.54, 1.807) is 23.6 Å². The Morgan fingerprint density at radius 3 is 3.16 bits per heavy atom. The van der Waals surface area contributed by atoms with Crippen molar-refractivity contribution in [3.63, 3.8) is 0 Å². The van der Waals surface area contributed by atoms with Gasteiger partial charge in [-0.2, -0.15) is 0 Å². The first kappa shape index (κ1) is 12.8. The third-order valence-electron chi connectivity index (χ3n) is 3.53. The smallest absolute Gasteiger partial charge is 0.257 e. The van der Waals surface area contributed by atoms with Gasteiger partial charge in [0.25, 0.3) is 5.91 Å². The molecule has 2 aromatic heterocycles. The number of nitrogens with zero attached hydrogens (tertiary/aromatic N) is 2. The number of carbonyl (C=O) groups is 1. The highest BCUT2D eigenvalue weighted by molar-refractivity contribution is 9.10. The van der Waals surface area contributed by atoms with Gasteiger partial charge in [-0.15, -0.1) is 11.3 Å². The van der Waals surface area contributed by atoms with E-state index in [0.29, 0.717) is 10.2 Å². The summed E-state index contributed by atoms with van der Waals surface area (Å²) in [6.07, 6.45) is 2.62. The van der Waals surface area contributed by atoms with E-state index in [4.69, 9.17) is 0 Å². The zero-order valence-electron chi connectivity index (χ0n) is 10.5. The van der Waals surface area contributed by atoms with Crippen molar-refractivity contribution in [1.29, 1.82) is 0 Å². The number of hydrogen-bond acceptors (Lipinski definition) is 3. The van der Waals surface area contributed by atoms with Gasteiger partial charge in [0.1, 0.15) is 4.60 Å². The second kappa shape index (κ2) is 5.06. The van der Waals surface area contributed by atoms with E-state index in [-0.39, 0.29) is 11.9 Å². The highest BCUT2D eigenvalue weighted by Gasteiger charge is 2.29. The molecule has 1 aliphatic heterocycles. The lowest BCUT2D eigenvalue weighted by Crippen LogP contribution is -2.38. The molecule has 1 amide bonds. The maximum absolute atomic E-state index is 12.6. The summed E-state index contributed by atoms with van der Waals surface area (Å²) in [6, 6.07) is 5.87. The van der Waals surface area contributed by atoms with Crippen molar-refractivity contribution < 1.29 is 4.79 Å². The number of fused-ring (bicyclic) bond motifs is 1. The molecule has 0 radical (unpaired) electrons. The molecule has 0 fully saturated rings. The Hall–Kier alpha value is -1.20. The fourth-order valence-electron chi connectivity index (χ4n) is 2.49. The fraction of sp³-hybridized carbons (Fsp3) is 0.286. The van der Waals surface area contributed by atoms with E-state index >= 15 is 0 Å². The van der Waals surface area contributed by atoms with E-state index in [0.717, 1.165) is 13.0 Å². The lowest BCUT2D eigenvalue weighted by atomic mass is 10.0. The monoisotopic (exact) mass is 336 g/mol. The van der Waals surface area contributed by atoms with E-state index < -0.39 is 0 Å². The first-order valence-electron chi connectivity index (χ1n) is 6.16. The number of thiophene rings is 1. The summed E-state index contributed by atoms with van der Waals surface area (Å²) < 4.78 is 0.614. The molecular weight excluding hydrogens is 324 g/mol. The van der Waals surface area contributed by atoms with Crippen LogP contribution in [0.25, 0.3) is 0 Å².